The van der Waals surface area contributed by atoms with Crippen LogP contribution in [0.5, 0.6) is 0 Å². The molecule has 0 atom stereocenters. The Balaban J connectivity index is 1.30. The van der Waals surface area contributed by atoms with Crippen molar-refractivity contribution in [3.63, 3.8) is 0 Å². The van der Waals surface area contributed by atoms with E-state index < -0.39 is 0 Å². The monoisotopic (exact) mass is 358 g/mol. The van der Waals surface area contributed by atoms with Gasteiger partial charge in [0.25, 0.3) is 0 Å². The lowest BCUT2D eigenvalue weighted by Gasteiger charge is -2.35. The van der Waals surface area contributed by atoms with Crippen LogP contribution >= 0.6 is 0 Å². The summed E-state index contributed by atoms with van der Waals surface area (Å²) in [6, 6.07) is 9.91. The second kappa shape index (κ2) is 6.64. The largest absolute Gasteiger partial charge is 0.352 e. The van der Waals surface area contributed by atoms with Gasteiger partial charge in [0.1, 0.15) is 5.52 Å². The van der Waals surface area contributed by atoms with Crippen molar-refractivity contribution in [3.8, 4) is 11.3 Å². The van der Waals surface area contributed by atoms with Gasteiger partial charge >= 0.3 is 0 Å². The van der Waals surface area contributed by atoms with Gasteiger partial charge in [-0.15, -0.1) is 10.2 Å². The number of aromatic nitrogens is 6. The van der Waals surface area contributed by atoms with Crippen molar-refractivity contribution in [1.29, 1.82) is 0 Å². The molecule has 4 aromatic rings. The predicted octanol–water partition coefficient (Wildman–Crippen LogP) is 1.91. The number of nitrogens with zero attached hydrogens (tertiary/aromatic N) is 8. The molecule has 0 aromatic carbocycles. The standard InChI is InChI=1S/C19H18N8/c1-2-15(14-20-6-1)16-3-4-18(24-23-16)25-10-12-26(13-11-25)19-17-5-7-22-27(17)9-8-21-19/h1-9,14H,10-13H2. The Morgan fingerprint density at radius 1 is 0.815 bits per heavy atom. The number of fused-ring (bicyclic) bond motifs is 1. The Kier molecular flexibility index (Phi) is 3.86. The lowest BCUT2D eigenvalue weighted by molar-refractivity contribution is 0.638. The first-order valence-corrected chi connectivity index (χ1v) is 8.91. The molecule has 5 rings (SSSR count). The third-order valence-electron chi connectivity index (χ3n) is 4.82. The summed E-state index contributed by atoms with van der Waals surface area (Å²) in [7, 11) is 0. The maximum absolute atomic E-state index is 4.56. The molecule has 1 fully saturated rings. The van der Waals surface area contributed by atoms with E-state index in [2.05, 4.69) is 35.1 Å². The lowest BCUT2D eigenvalue weighted by atomic mass is 10.2. The van der Waals surface area contributed by atoms with E-state index in [1.807, 2.05) is 41.0 Å². The Hall–Kier alpha value is -3.55. The summed E-state index contributed by atoms with van der Waals surface area (Å²) in [5.41, 5.74) is 2.84. The zero-order valence-corrected chi connectivity index (χ0v) is 14.7. The number of anilines is 2. The minimum atomic E-state index is 0.835. The summed E-state index contributed by atoms with van der Waals surface area (Å²) < 4.78 is 1.86. The van der Waals surface area contributed by atoms with E-state index in [-0.39, 0.29) is 0 Å². The summed E-state index contributed by atoms with van der Waals surface area (Å²) in [4.78, 5) is 13.2. The number of rotatable bonds is 3. The van der Waals surface area contributed by atoms with Crippen molar-refractivity contribution in [2.75, 3.05) is 36.0 Å². The van der Waals surface area contributed by atoms with Crippen molar-refractivity contribution >= 4 is 17.2 Å². The quantitative estimate of drug-likeness (QED) is 0.554. The second-order valence-corrected chi connectivity index (χ2v) is 6.40. The van der Waals surface area contributed by atoms with E-state index in [1.54, 1.807) is 24.8 Å². The molecule has 27 heavy (non-hydrogen) atoms. The summed E-state index contributed by atoms with van der Waals surface area (Å²) in [6.45, 7) is 3.50. The first-order chi connectivity index (χ1) is 13.4. The first kappa shape index (κ1) is 15.7. The number of piperazine rings is 1. The molecule has 0 spiro atoms. The fourth-order valence-corrected chi connectivity index (χ4v) is 3.40. The first-order valence-electron chi connectivity index (χ1n) is 8.91. The van der Waals surface area contributed by atoms with Gasteiger partial charge in [0.15, 0.2) is 11.6 Å². The zero-order valence-electron chi connectivity index (χ0n) is 14.7. The highest BCUT2D eigenvalue weighted by molar-refractivity contribution is 5.68. The van der Waals surface area contributed by atoms with Crippen LogP contribution in [0.3, 0.4) is 0 Å². The van der Waals surface area contributed by atoms with Crippen LogP contribution in [0.1, 0.15) is 0 Å². The molecule has 0 N–H and O–H groups in total. The van der Waals surface area contributed by atoms with E-state index in [4.69, 9.17) is 0 Å². The van der Waals surface area contributed by atoms with E-state index in [1.165, 1.54) is 0 Å². The van der Waals surface area contributed by atoms with Gasteiger partial charge in [-0.25, -0.2) is 9.50 Å². The highest BCUT2D eigenvalue weighted by Gasteiger charge is 2.21. The van der Waals surface area contributed by atoms with Crippen LogP contribution < -0.4 is 9.80 Å². The van der Waals surface area contributed by atoms with E-state index >= 15 is 0 Å². The van der Waals surface area contributed by atoms with Crippen molar-refractivity contribution in [3.05, 3.63) is 61.3 Å². The zero-order chi connectivity index (χ0) is 18.1. The van der Waals surface area contributed by atoms with Gasteiger partial charge in [-0.2, -0.15) is 5.10 Å². The summed E-state index contributed by atoms with van der Waals surface area (Å²) in [5, 5.41) is 13.1. The summed E-state index contributed by atoms with van der Waals surface area (Å²) in [5.74, 6) is 1.88. The highest BCUT2D eigenvalue weighted by Crippen LogP contribution is 2.22. The Bertz CT molecular complexity index is 1040. The van der Waals surface area contributed by atoms with E-state index in [0.29, 0.717) is 0 Å². The van der Waals surface area contributed by atoms with Crippen LogP contribution in [0.15, 0.2) is 61.3 Å². The molecule has 1 saturated heterocycles. The molecule has 134 valence electrons. The fourth-order valence-electron chi connectivity index (χ4n) is 3.40. The molecule has 0 amide bonds. The molecule has 0 aliphatic carbocycles. The van der Waals surface area contributed by atoms with Gasteiger partial charge in [0.05, 0.1) is 11.9 Å². The van der Waals surface area contributed by atoms with E-state index in [0.717, 1.165) is 54.6 Å². The molecule has 8 nitrogen and oxygen atoms in total. The van der Waals surface area contributed by atoms with E-state index in [9.17, 15) is 0 Å². The Morgan fingerprint density at radius 3 is 2.48 bits per heavy atom. The smallest absolute Gasteiger partial charge is 0.154 e. The average Bonchev–Trinajstić information content (AvgIpc) is 3.24. The molecular weight excluding hydrogens is 340 g/mol. The van der Waals surface area contributed by atoms with Gasteiger partial charge in [-0.3, -0.25) is 4.98 Å². The SMILES string of the molecule is c1cncc(-c2ccc(N3CCN(c4nccn5nccc45)CC3)nn2)c1. The maximum Gasteiger partial charge on any atom is 0.154 e. The van der Waals surface area contributed by atoms with Gasteiger partial charge < -0.3 is 9.80 Å². The topological polar surface area (TPSA) is 75.3 Å². The van der Waals surface area contributed by atoms with Gasteiger partial charge in [-0.05, 0) is 30.3 Å². The molecule has 5 heterocycles. The van der Waals surface area contributed by atoms with Crippen molar-refractivity contribution in [2.24, 2.45) is 0 Å². The normalized spacial score (nSPS) is 14.7. The molecule has 0 unspecified atom stereocenters. The second-order valence-electron chi connectivity index (χ2n) is 6.40. The van der Waals surface area contributed by atoms with Crippen LogP contribution in [0.4, 0.5) is 11.6 Å². The average molecular weight is 358 g/mol. The molecule has 1 aliphatic heterocycles. The minimum absolute atomic E-state index is 0.835. The lowest BCUT2D eigenvalue weighted by Crippen LogP contribution is -2.47. The van der Waals surface area contributed by atoms with Gasteiger partial charge in [0.2, 0.25) is 0 Å². The van der Waals surface area contributed by atoms with Gasteiger partial charge in [-0.1, -0.05) is 0 Å². The van der Waals surface area contributed by atoms with Crippen molar-refractivity contribution in [2.45, 2.75) is 0 Å². The molecule has 1 aliphatic rings. The third-order valence-corrected chi connectivity index (χ3v) is 4.82. The maximum atomic E-state index is 4.56. The molecule has 8 heteroatoms. The van der Waals surface area contributed by atoms with Gasteiger partial charge in [0, 0.05) is 56.5 Å². The molecule has 4 aromatic heterocycles. The summed E-state index contributed by atoms with van der Waals surface area (Å²) >= 11 is 0. The Morgan fingerprint density at radius 2 is 1.70 bits per heavy atom. The third kappa shape index (κ3) is 2.95. The predicted molar refractivity (Wildman–Crippen MR) is 103 cm³/mol. The minimum Gasteiger partial charge on any atom is -0.352 e. The summed E-state index contributed by atoms with van der Waals surface area (Å²) in [6.07, 6.45) is 9.02. The van der Waals surface area contributed by atoms with Crippen molar-refractivity contribution < 1.29 is 0 Å². The van der Waals surface area contributed by atoms with Crippen molar-refractivity contribution in [1.82, 2.24) is 29.8 Å². The number of hydrogen-bond donors (Lipinski definition) is 0. The van der Waals surface area contributed by atoms with Crippen LogP contribution in [-0.4, -0.2) is 56.0 Å². The molecule has 0 saturated carbocycles. The molecule has 0 radical (unpaired) electrons. The fraction of sp³-hybridized carbons (Fsp3) is 0.211. The number of pyridine rings is 1. The molecule has 0 bridgehead atoms. The van der Waals surface area contributed by atoms with Crippen LogP contribution in [-0.2, 0) is 0 Å². The van der Waals surface area contributed by atoms with Crippen LogP contribution in [0.25, 0.3) is 16.8 Å². The van der Waals surface area contributed by atoms with Crippen LogP contribution in [0, 0.1) is 0 Å². The van der Waals surface area contributed by atoms with Crippen LogP contribution in [0.2, 0.25) is 0 Å². The Labute approximate surface area is 156 Å². The highest BCUT2D eigenvalue weighted by atomic mass is 15.3. The number of hydrogen-bond acceptors (Lipinski definition) is 7. The molecular formula is C19H18N8.